The average Bonchev–Trinajstić information content (AvgIpc) is 3.16. The first-order chi connectivity index (χ1) is 11.2. The Bertz CT molecular complexity index is 683. The van der Waals surface area contributed by atoms with Gasteiger partial charge in [-0.15, -0.1) is 0 Å². The molecule has 0 aliphatic carbocycles. The van der Waals surface area contributed by atoms with Gasteiger partial charge in [-0.25, -0.2) is 0 Å². The van der Waals surface area contributed by atoms with E-state index in [9.17, 15) is 4.79 Å². The van der Waals surface area contributed by atoms with Crippen LogP contribution in [0, 0.1) is 5.92 Å². The molecule has 2 atom stereocenters. The van der Waals surface area contributed by atoms with Gasteiger partial charge in [0.1, 0.15) is 0 Å². The highest BCUT2D eigenvalue weighted by atomic mass is 16.5. The monoisotopic (exact) mass is 314 g/mol. The molecule has 0 spiro atoms. The molecule has 3 rings (SSSR count). The van der Waals surface area contributed by atoms with Gasteiger partial charge in [0, 0.05) is 45.0 Å². The van der Waals surface area contributed by atoms with Gasteiger partial charge in [0.15, 0.2) is 0 Å². The van der Waals surface area contributed by atoms with E-state index in [2.05, 4.69) is 15.7 Å². The molecule has 6 nitrogen and oxygen atoms in total. The van der Waals surface area contributed by atoms with Crippen LogP contribution in [0.5, 0.6) is 0 Å². The van der Waals surface area contributed by atoms with Gasteiger partial charge in [0.2, 0.25) is 5.91 Å². The van der Waals surface area contributed by atoms with Crippen molar-refractivity contribution in [3.8, 4) is 0 Å². The minimum Gasteiger partial charge on any atom is -0.380 e. The fraction of sp³-hybridized carbons (Fsp3) is 0.412. The third-order valence-corrected chi connectivity index (χ3v) is 4.21. The minimum absolute atomic E-state index is 0.0402. The molecule has 0 unspecified atom stereocenters. The number of carbonyl (C=O) groups excluding carboxylic acids is 1. The number of methoxy groups -OCH3 is 1. The summed E-state index contributed by atoms with van der Waals surface area (Å²) in [5.41, 5.74) is 2.95. The van der Waals surface area contributed by atoms with Gasteiger partial charge >= 0.3 is 0 Å². The number of rotatable bonds is 5. The van der Waals surface area contributed by atoms with Gasteiger partial charge in [0.05, 0.1) is 18.7 Å². The predicted molar refractivity (Wildman–Crippen MR) is 88.1 cm³/mol. The molecule has 6 heteroatoms. The van der Waals surface area contributed by atoms with E-state index in [0.717, 1.165) is 23.4 Å². The van der Waals surface area contributed by atoms with Crippen molar-refractivity contribution in [2.45, 2.75) is 12.5 Å². The number of nitrogens with one attached hydrogen (secondary N) is 2. The van der Waals surface area contributed by atoms with Crippen LogP contribution in [-0.4, -0.2) is 35.9 Å². The third kappa shape index (κ3) is 3.60. The number of aryl methyl sites for hydroxylation is 1. The lowest BCUT2D eigenvalue weighted by Gasteiger charge is -2.17. The maximum Gasteiger partial charge on any atom is 0.229 e. The zero-order valence-corrected chi connectivity index (χ0v) is 13.5. The van der Waals surface area contributed by atoms with Crippen LogP contribution >= 0.6 is 0 Å². The summed E-state index contributed by atoms with van der Waals surface area (Å²) < 4.78 is 6.91. The highest BCUT2D eigenvalue weighted by Gasteiger charge is 2.34. The number of hydrogen-bond acceptors (Lipinski definition) is 4. The molecule has 0 saturated carbocycles. The molecular weight excluding hydrogens is 292 g/mol. The van der Waals surface area contributed by atoms with Gasteiger partial charge in [0.25, 0.3) is 0 Å². The summed E-state index contributed by atoms with van der Waals surface area (Å²) in [5.74, 6) is 0.106. The highest BCUT2D eigenvalue weighted by Crippen LogP contribution is 2.29. The smallest absolute Gasteiger partial charge is 0.229 e. The predicted octanol–water partition coefficient (Wildman–Crippen LogP) is 1.51. The van der Waals surface area contributed by atoms with Crippen LogP contribution < -0.4 is 10.6 Å². The molecule has 2 heterocycles. The maximum absolute atomic E-state index is 12.7. The average molecular weight is 314 g/mol. The molecule has 1 fully saturated rings. The Hall–Kier alpha value is -2.18. The van der Waals surface area contributed by atoms with Crippen molar-refractivity contribution in [2.75, 3.05) is 25.5 Å². The van der Waals surface area contributed by atoms with Crippen molar-refractivity contribution >= 4 is 11.6 Å². The van der Waals surface area contributed by atoms with Crippen LogP contribution in [-0.2, 0) is 23.2 Å². The SMILES string of the molecule is COCc1cccc(NC(=O)[C@H]2CNC[C@@H]2c2cnn(C)c2)c1. The Morgan fingerprint density at radius 1 is 1.48 bits per heavy atom. The summed E-state index contributed by atoms with van der Waals surface area (Å²) in [7, 11) is 3.55. The Labute approximate surface area is 135 Å². The summed E-state index contributed by atoms with van der Waals surface area (Å²) in [4.78, 5) is 12.7. The number of hydrogen-bond donors (Lipinski definition) is 2. The molecule has 122 valence electrons. The number of aromatic nitrogens is 2. The van der Waals surface area contributed by atoms with Crippen molar-refractivity contribution in [1.82, 2.24) is 15.1 Å². The summed E-state index contributed by atoms with van der Waals surface area (Å²) in [6, 6.07) is 7.76. The second-order valence-corrected chi connectivity index (χ2v) is 5.94. The molecule has 23 heavy (non-hydrogen) atoms. The van der Waals surface area contributed by atoms with E-state index in [0.29, 0.717) is 13.2 Å². The second-order valence-electron chi connectivity index (χ2n) is 5.94. The molecule has 1 aliphatic rings. The molecule has 1 saturated heterocycles. The molecule has 2 N–H and O–H groups in total. The van der Waals surface area contributed by atoms with E-state index < -0.39 is 0 Å². The van der Waals surface area contributed by atoms with Crippen molar-refractivity contribution in [3.05, 3.63) is 47.8 Å². The second kappa shape index (κ2) is 6.93. The first-order valence-corrected chi connectivity index (χ1v) is 7.75. The van der Waals surface area contributed by atoms with Gasteiger partial charge in [-0.2, -0.15) is 5.10 Å². The van der Waals surface area contributed by atoms with Crippen molar-refractivity contribution < 1.29 is 9.53 Å². The topological polar surface area (TPSA) is 68.2 Å². The first-order valence-electron chi connectivity index (χ1n) is 7.75. The fourth-order valence-electron chi connectivity index (χ4n) is 3.08. The number of amides is 1. The lowest BCUT2D eigenvalue weighted by Crippen LogP contribution is -2.28. The molecule has 1 aliphatic heterocycles. The number of ether oxygens (including phenoxy) is 1. The molecule has 0 radical (unpaired) electrons. The van der Waals surface area contributed by atoms with Gasteiger partial charge in [-0.1, -0.05) is 12.1 Å². The largest absolute Gasteiger partial charge is 0.380 e. The Kier molecular flexibility index (Phi) is 4.73. The van der Waals surface area contributed by atoms with E-state index in [-0.39, 0.29) is 17.7 Å². The van der Waals surface area contributed by atoms with Crippen molar-refractivity contribution in [3.63, 3.8) is 0 Å². The number of benzene rings is 1. The van der Waals surface area contributed by atoms with Crippen LogP contribution in [0.2, 0.25) is 0 Å². The Balaban J connectivity index is 1.71. The molecule has 1 amide bonds. The Morgan fingerprint density at radius 2 is 2.35 bits per heavy atom. The zero-order valence-electron chi connectivity index (χ0n) is 13.5. The van der Waals surface area contributed by atoms with Crippen LogP contribution in [0.1, 0.15) is 17.0 Å². The lowest BCUT2D eigenvalue weighted by molar-refractivity contribution is -0.119. The van der Waals surface area contributed by atoms with Crippen LogP contribution in [0.3, 0.4) is 0 Å². The molecule has 1 aromatic heterocycles. The van der Waals surface area contributed by atoms with Gasteiger partial charge < -0.3 is 15.4 Å². The van der Waals surface area contributed by atoms with E-state index in [4.69, 9.17) is 4.74 Å². The van der Waals surface area contributed by atoms with E-state index >= 15 is 0 Å². The Morgan fingerprint density at radius 3 is 3.09 bits per heavy atom. The zero-order chi connectivity index (χ0) is 16.2. The summed E-state index contributed by atoms with van der Waals surface area (Å²) in [6.07, 6.45) is 3.83. The highest BCUT2D eigenvalue weighted by molar-refractivity contribution is 5.93. The minimum atomic E-state index is -0.0923. The van der Waals surface area contributed by atoms with Crippen molar-refractivity contribution in [1.29, 1.82) is 0 Å². The number of anilines is 1. The summed E-state index contributed by atoms with van der Waals surface area (Å²) in [5, 5.41) is 10.6. The lowest BCUT2D eigenvalue weighted by atomic mass is 9.90. The van der Waals surface area contributed by atoms with Gasteiger partial charge in [-0.05, 0) is 23.3 Å². The normalized spacial score (nSPS) is 20.6. The van der Waals surface area contributed by atoms with Crippen LogP contribution in [0.4, 0.5) is 5.69 Å². The van der Waals surface area contributed by atoms with Crippen LogP contribution in [0.15, 0.2) is 36.7 Å². The number of nitrogens with zero attached hydrogens (tertiary/aromatic N) is 2. The van der Waals surface area contributed by atoms with Gasteiger partial charge in [-0.3, -0.25) is 9.48 Å². The number of carbonyl (C=O) groups is 1. The fourth-order valence-corrected chi connectivity index (χ4v) is 3.08. The molecule has 0 bridgehead atoms. The standard InChI is InChI=1S/C17H22N4O2/c1-21-10-13(7-19-21)15-8-18-9-16(15)17(22)20-14-5-3-4-12(6-14)11-23-2/h3-7,10,15-16,18H,8-9,11H2,1-2H3,(H,20,22)/t15-,16+/m1/s1. The van der Waals surface area contributed by atoms with E-state index in [1.165, 1.54) is 0 Å². The molecular formula is C17H22N4O2. The van der Waals surface area contributed by atoms with E-state index in [1.54, 1.807) is 11.8 Å². The molecule has 1 aromatic carbocycles. The van der Waals surface area contributed by atoms with Crippen LogP contribution in [0.25, 0.3) is 0 Å². The first kappa shape index (κ1) is 15.7. The quantitative estimate of drug-likeness (QED) is 0.878. The maximum atomic E-state index is 12.7. The third-order valence-electron chi connectivity index (χ3n) is 4.21. The van der Waals surface area contributed by atoms with Crippen molar-refractivity contribution in [2.24, 2.45) is 13.0 Å². The summed E-state index contributed by atoms with van der Waals surface area (Å²) >= 11 is 0. The summed E-state index contributed by atoms with van der Waals surface area (Å²) in [6.45, 7) is 2.02. The van der Waals surface area contributed by atoms with E-state index in [1.807, 2.05) is 43.7 Å². The molecule has 2 aromatic rings.